The molecule has 1 amide bonds. The zero-order chi connectivity index (χ0) is 24.4. The Labute approximate surface area is 207 Å². The second-order valence-electron chi connectivity index (χ2n) is 8.96. The van der Waals surface area contributed by atoms with Crippen molar-refractivity contribution in [1.29, 1.82) is 0 Å². The van der Waals surface area contributed by atoms with Crippen LogP contribution in [0.4, 0.5) is 15.9 Å². The number of fused-ring (bicyclic) bond motifs is 2. The predicted octanol–water partition coefficient (Wildman–Crippen LogP) is 3.33. The smallest absolute Gasteiger partial charge is 0.235 e. The number of halogens is 1. The number of benzene rings is 1. The molecule has 0 unspecified atom stereocenters. The van der Waals surface area contributed by atoms with E-state index in [1.165, 1.54) is 18.0 Å². The second kappa shape index (κ2) is 9.96. The molecule has 2 aromatic heterocycles. The summed E-state index contributed by atoms with van der Waals surface area (Å²) in [5, 5.41) is 18.0. The highest BCUT2D eigenvalue weighted by Gasteiger charge is 2.33. The summed E-state index contributed by atoms with van der Waals surface area (Å²) in [6, 6.07) is 9.38. The number of anilines is 2. The van der Waals surface area contributed by atoms with Gasteiger partial charge in [-0.3, -0.25) is 9.78 Å². The van der Waals surface area contributed by atoms with Crippen molar-refractivity contribution >= 4 is 40.1 Å². The first kappa shape index (κ1) is 23.8. The van der Waals surface area contributed by atoms with E-state index in [0.29, 0.717) is 79.4 Å². The van der Waals surface area contributed by atoms with Crippen LogP contribution in [-0.4, -0.2) is 59.1 Å². The van der Waals surface area contributed by atoms with Crippen LogP contribution < -0.4 is 20.3 Å². The van der Waals surface area contributed by atoms with E-state index in [9.17, 15) is 14.3 Å². The van der Waals surface area contributed by atoms with Crippen LogP contribution in [-0.2, 0) is 11.3 Å². The van der Waals surface area contributed by atoms with Gasteiger partial charge >= 0.3 is 0 Å². The number of carbonyl (C=O) groups excluding carboxylic acids is 1. The normalized spacial score (nSPS) is 17.2. The standard InChI is InChI=1S/C25H28FN5O3S/c1-34-17-3-4-20-18(12-17)23(19(26)14-28-20)31-10-7-25(33,8-11-31)6-9-27-13-16-2-5-21-24(29-16)30-22(32)15-35-21/h2-5,12,14,27,33H,6-11,13,15H2,1H3,(H,29,30,32). The van der Waals surface area contributed by atoms with Crippen LogP contribution in [0.3, 0.4) is 0 Å². The van der Waals surface area contributed by atoms with Crippen molar-refractivity contribution in [3.63, 3.8) is 0 Å². The third-order valence-electron chi connectivity index (χ3n) is 6.62. The van der Waals surface area contributed by atoms with Gasteiger partial charge in [0.1, 0.15) is 11.6 Å². The first-order valence-corrected chi connectivity index (χ1v) is 12.7. The molecule has 10 heteroatoms. The molecule has 184 valence electrons. The summed E-state index contributed by atoms with van der Waals surface area (Å²) in [5.74, 6) is 1.28. The third kappa shape index (κ3) is 5.19. The Morgan fingerprint density at radius 1 is 1.29 bits per heavy atom. The average molecular weight is 498 g/mol. The van der Waals surface area contributed by atoms with Crippen molar-refractivity contribution in [3.05, 3.63) is 48.0 Å². The van der Waals surface area contributed by atoms with Crippen LogP contribution >= 0.6 is 11.8 Å². The van der Waals surface area contributed by atoms with E-state index in [1.54, 1.807) is 7.11 Å². The van der Waals surface area contributed by atoms with E-state index in [-0.39, 0.29) is 11.7 Å². The Bertz CT molecular complexity index is 1250. The molecular formula is C25H28FN5O3S. The van der Waals surface area contributed by atoms with E-state index in [0.717, 1.165) is 10.6 Å². The number of carbonyl (C=O) groups is 1. The number of hydrogen-bond donors (Lipinski definition) is 3. The summed E-state index contributed by atoms with van der Waals surface area (Å²) in [4.78, 5) is 23.3. The SMILES string of the molecule is COc1ccc2ncc(F)c(N3CCC(O)(CCNCc4ccc5c(n4)NC(=O)CS5)CC3)c2c1. The summed E-state index contributed by atoms with van der Waals surface area (Å²) >= 11 is 1.49. The highest BCUT2D eigenvalue weighted by molar-refractivity contribution is 8.00. The summed E-state index contributed by atoms with van der Waals surface area (Å²) in [6.07, 6.45) is 2.93. The van der Waals surface area contributed by atoms with E-state index in [2.05, 4.69) is 20.6 Å². The second-order valence-corrected chi connectivity index (χ2v) is 9.98. The molecule has 0 aliphatic carbocycles. The van der Waals surface area contributed by atoms with Gasteiger partial charge in [-0.25, -0.2) is 9.37 Å². The first-order valence-electron chi connectivity index (χ1n) is 11.7. The zero-order valence-electron chi connectivity index (χ0n) is 19.5. The zero-order valence-corrected chi connectivity index (χ0v) is 20.3. The number of aliphatic hydroxyl groups is 1. The minimum absolute atomic E-state index is 0.0348. The van der Waals surface area contributed by atoms with Crippen LogP contribution in [0.15, 0.2) is 41.4 Å². The van der Waals surface area contributed by atoms with Crippen molar-refractivity contribution < 1.29 is 19.0 Å². The summed E-state index contributed by atoms with van der Waals surface area (Å²) in [7, 11) is 1.58. The van der Waals surface area contributed by atoms with Gasteiger partial charge in [-0.2, -0.15) is 0 Å². The monoisotopic (exact) mass is 497 g/mol. The predicted molar refractivity (Wildman–Crippen MR) is 135 cm³/mol. The number of methoxy groups -OCH3 is 1. The van der Waals surface area contributed by atoms with Gasteiger partial charge in [-0.1, -0.05) is 0 Å². The fourth-order valence-electron chi connectivity index (χ4n) is 4.62. The molecule has 8 nitrogen and oxygen atoms in total. The molecule has 3 aromatic rings. The highest BCUT2D eigenvalue weighted by atomic mass is 32.2. The van der Waals surface area contributed by atoms with Gasteiger partial charge in [0.25, 0.3) is 0 Å². The number of nitrogens with one attached hydrogen (secondary N) is 2. The Morgan fingerprint density at radius 2 is 2.11 bits per heavy atom. The Balaban J connectivity index is 1.17. The number of ether oxygens (including phenoxy) is 1. The Hall–Kier alpha value is -2.95. The van der Waals surface area contributed by atoms with Crippen LogP contribution in [0, 0.1) is 5.82 Å². The van der Waals surface area contributed by atoms with E-state index >= 15 is 0 Å². The van der Waals surface area contributed by atoms with Crippen LogP contribution in [0.25, 0.3) is 10.9 Å². The molecule has 1 saturated heterocycles. The molecule has 3 N–H and O–H groups in total. The van der Waals surface area contributed by atoms with Crippen molar-refractivity contribution in [1.82, 2.24) is 15.3 Å². The van der Waals surface area contributed by atoms with Gasteiger partial charge in [-0.15, -0.1) is 11.8 Å². The van der Waals surface area contributed by atoms with Crippen LogP contribution in [0.2, 0.25) is 0 Å². The summed E-state index contributed by atoms with van der Waals surface area (Å²) < 4.78 is 20.1. The van der Waals surface area contributed by atoms with Gasteiger partial charge in [-0.05, 0) is 56.1 Å². The molecule has 0 saturated carbocycles. The Kier molecular flexibility index (Phi) is 6.77. The lowest BCUT2D eigenvalue weighted by molar-refractivity contribution is -0.113. The molecule has 1 aromatic carbocycles. The molecule has 2 aliphatic heterocycles. The molecule has 1 fully saturated rings. The minimum Gasteiger partial charge on any atom is -0.497 e. The van der Waals surface area contributed by atoms with Crippen molar-refractivity contribution in [2.45, 2.75) is 36.3 Å². The maximum atomic E-state index is 14.8. The fraction of sp³-hybridized carbons (Fsp3) is 0.400. The quantitative estimate of drug-likeness (QED) is 0.428. The molecule has 0 radical (unpaired) electrons. The van der Waals surface area contributed by atoms with Gasteiger partial charge in [0, 0.05) is 25.0 Å². The number of rotatable bonds is 7. The average Bonchev–Trinajstić information content (AvgIpc) is 2.87. The molecule has 2 aliphatic rings. The topological polar surface area (TPSA) is 99.6 Å². The number of aromatic nitrogens is 2. The maximum Gasteiger partial charge on any atom is 0.235 e. The number of amides is 1. The summed E-state index contributed by atoms with van der Waals surface area (Å²) in [5.41, 5.74) is 1.25. The number of hydrogen-bond acceptors (Lipinski definition) is 8. The van der Waals surface area contributed by atoms with Gasteiger partial charge in [0.15, 0.2) is 5.82 Å². The van der Waals surface area contributed by atoms with E-state index in [1.807, 2.05) is 35.2 Å². The van der Waals surface area contributed by atoms with E-state index in [4.69, 9.17) is 4.74 Å². The lowest BCUT2D eigenvalue weighted by Crippen LogP contribution is -2.46. The van der Waals surface area contributed by atoms with Gasteiger partial charge < -0.3 is 25.4 Å². The van der Waals surface area contributed by atoms with Crippen LogP contribution in [0.5, 0.6) is 5.75 Å². The van der Waals surface area contributed by atoms with Crippen LogP contribution in [0.1, 0.15) is 25.0 Å². The number of nitrogens with zero attached hydrogens (tertiary/aromatic N) is 3. The number of pyridine rings is 2. The van der Waals surface area contributed by atoms with E-state index < -0.39 is 5.60 Å². The maximum absolute atomic E-state index is 14.8. The number of piperidine rings is 1. The molecular weight excluding hydrogens is 469 g/mol. The molecule has 0 spiro atoms. The van der Waals surface area contributed by atoms with Gasteiger partial charge in [0.05, 0.1) is 46.5 Å². The molecule has 35 heavy (non-hydrogen) atoms. The lowest BCUT2D eigenvalue weighted by atomic mass is 9.88. The minimum atomic E-state index is -0.811. The third-order valence-corrected chi connectivity index (χ3v) is 7.67. The molecule has 0 bridgehead atoms. The largest absolute Gasteiger partial charge is 0.497 e. The highest BCUT2D eigenvalue weighted by Crippen LogP contribution is 2.35. The first-order chi connectivity index (χ1) is 16.9. The van der Waals surface area contributed by atoms with Crippen molar-refractivity contribution in [2.75, 3.05) is 42.7 Å². The molecule has 4 heterocycles. The lowest BCUT2D eigenvalue weighted by Gasteiger charge is -2.39. The fourth-order valence-corrected chi connectivity index (χ4v) is 5.37. The summed E-state index contributed by atoms with van der Waals surface area (Å²) in [6.45, 7) is 2.27. The van der Waals surface area contributed by atoms with Crippen molar-refractivity contribution in [2.24, 2.45) is 0 Å². The number of thioether (sulfide) groups is 1. The molecule has 0 atom stereocenters. The molecule has 5 rings (SSSR count). The Morgan fingerprint density at radius 3 is 2.91 bits per heavy atom. The van der Waals surface area contributed by atoms with Crippen molar-refractivity contribution in [3.8, 4) is 5.75 Å². The van der Waals surface area contributed by atoms with Gasteiger partial charge in [0.2, 0.25) is 5.91 Å².